The summed E-state index contributed by atoms with van der Waals surface area (Å²) >= 11 is 3.71. The van der Waals surface area contributed by atoms with Crippen LogP contribution in [-0.4, -0.2) is 0 Å². The van der Waals surface area contributed by atoms with Gasteiger partial charge in [-0.1, -0.05) is 61.7 Å². The van der Waals surface area contributed by atoms with Crippen LogP contribution in [0.15, 0.2) is 54.6 Å². The van der Waals surface area contributed by atoms with Crippen molar-refractivity contribution in [3.8, 4) is 0 Å². The summed E-state index contributed by atoms with van der Waals surface area (Å²) in [4.78, 5) is 0. The largest absolute Gasteiger partial charge is 0.304 e. The van der Waals surface area contributed by atoms with Crippen molar-refractivity contribution in [2.24, 2.45) is 0 Å². The van der Waals surface area contributed by atoms with E-state index >= 15 is 0 Å². The molecule has 0 heterocycles. The molecular weight excluding hydrogens is 322 g/mol. The van der Waals surface area contributed by atoms with Gasteiger partial charge in [0, 0.05) is 21.8 Å². The molecule has 1 fully saturated rings. The minimum Gasteiger partial charge on any atom is -0.304 e. The Bertz CT molecular complexity index is 561. The molecule has 0 radical (unpaired) electrons. The van der Waals surface area contributed by atoms with Gasteiger partial charge in [0.25, 0.3) is 0 Å². The van der Waals surface area contributed by atoms with Crippen molar-refractivity contribution in [3.05, 3.63) is 65.7 Å². The SMILES string of the molecule is BrN(Cc1ccccc1C1CCCCC1)c1ccccc1. The average molecular weight is 344 g/mol. The molecule has 0 bridgehead atoms. The van der Waals surface area contributed by atoms with Gasteiger partial charge in [0.2, 0.25) is 0 Å². The molecule has 2 heteroatoms. The molecule has 0 aliphatic heterocycles. The van der Waals surface area contributed by atoms with Gasteiger partial charge in [-0.3, -0.25) is 0 Å². The Morgan fingerprint density at radius 3 is 2.29 bits per heavy atom. The van der Waals surface area contributed by atoms with E-state index in [9.17, 15) is 0 Å². The number of rotatable bonds is 4. The fourth-order valence-electron chi connectivity index (χ4n) is 3.32. The van der Waals surface area contributed by atoms with E-state index in [4.69, 9.17) is 0 Å². The van der Waals surface area contributed by atoms with Crippen LogP contribution in [0.1, 0.15) is 49.1 Å². The first kappa shape index (κ1) is 14.6. The maximum absolute atomic E-state index is 3.71. The molecule has 2 aromatic carbocycles. The topological polar surface area (TPSA) is 3.24 Å². The Balaban J connectivity index is 1.79. The number of hydrogen-bond donors (Lipinski definition) is 0. The average Bonchev–Trinajstić information content (AvgIpc) is 2.57. The van der Waals surface area contributed by atoms with E-state index in [1.54, 1.807) is 5.56 Å². The zero-order chi connectivity index (χ0) is 14.5. The molecule has 0 spiro atoms. The normalized spacial score (nSPS) is 15.9. The molecule has 0 N–H and O–H groups in total. The number of para-hydroxylation sites is 1. The molecule has 0 amide bonds. The van der Waals surface area contributed by atoms with Gasteiger partial charge in [0.1, 0.15) is 0 Å². The molecule has 21 heavy (non-hydrogen) atoms. The molecule has 0 unspecified atom stereocenters. The molecule has 1 aliphatic rings. The number of anilines is 1. The van der Waals surface area contributed by atoms with Crippen LogP contribution in [0.3, 0.4) is 0 Å². The summed E-state index contributed by atoms with van der Waals surface area (Å²) in [6.45, 7) is 0.913. The van der Waals surface area contributed by atoms with Crippen molar-refractivity contribution in [1.82, 2.24) is 0 Å². The molecule has 3 rings (SSSR count). The van der Waals surface area contributed by atoms with Crippen LogP contribution in [0, 0.1) is 0 Å². The fourth-order valence-corrected chi connectivity index (χ4v) is 3.83. The lowest BCUT2D eigenvalue weighted by Crippen LogP contribution is -2.13. The lowest BCUT2D eigenvalue weighted by atomic mass is 9.82. The Hall–Kier alpha value is -1.28. The van der Waals surface area contributed by atoms with E-state index in [1.165, 1.54) is 43.4 Å². The van der Waals surface area contributed by atoms with Crippen LogP contribution in [0.5, 0.6) is 0 Å². The third-order valence-electron chi connectivity index (χ3n) is 4.45. The first-order valence-electron chi connectivity index (χ1n) is 7.91. The number of benzene rings is 2. The predicted octanol–water partition coefficient (Wildman–Crippen LogP) is 6.05. The highest BCUT2D eigenvalue weighted by atomic mass is 79.9. The maximum atomic E-state index is 3.71. The molecule has 2 aromatic rings. The minimum atomic E-state index is 0.756. The Morgan fingerprint density at radius 1 is 0.857 bits per heavy atom. The molecule has 0 saturated heterocycles. The monoisotopic (exact) mass is 343 g/mol. The zero-order valence-electron chi connectivity index (χ0n) is 12.3. The number of nitrogens with zero attached hydrogens (tertiary/aromatic N) is 1. The van der Waals surface area contributed by atoms with E-state index in [-0.39, 0.29) is 0 Å². The summed E-state index contributed by atoms with van der Waals surface area (Å²) in [5.41, 5.74) is 4.21. The Kier molecular flexibility index (Phi) is 4.97. The molecule has 110 valence electrons. The van der Waals surface area contributed by atoms with Crippen LogP contribution >= 0.6 is 16.1 Å². The van der Waals surface area contributed by atoms with Gasteiger partial charge in [-0.05, 0) is 42.0 Å². The molecular formula is C19H22BrN. The smallest absolute Gasteiger partial charge is 0.0549 e. The first-order chi connectivity index (χ1) is 10.3. The van der Waals surface area contributed by atoms with Gasteiger partial charge in [-0.15, -0.1) is 0 Å². The standard InChI is InChI=1S/C19H22BrN/c20-21(18-12-5-2-6-13-18)15-17-11-7-8-14-19(17)16-9-3-1-4-10-16/h2,5-8,11-14,16H,1,3-4,9-10,15H2. The maximum Gasteiger partial charge on any atom is 0.0549 e. The second-order valence-electron chi connectivity index (χ2n) is 5.89. The Labute approximate surface area is 136 Å². The van der Waals surface area contributed by atoms with Crippen LogP contribution in [0.25, 0.3) is 0 Å². The molecule has 1 nitrogen and oxygen atoms in total. The lowest BCUT2D eigenvalue weighted by molar-refractivity contribution is 0.441. The van der Waals surface area contributed by atoms with Gasteiger partial charge in [-0.2, -0.15) is 0 Å². The molecule has 1 saturated carbocycles. The van der Waals surface area contributed by atoms with Crippen LogP contribution in [0.2, 0.25) is 0 Å². The second kappa shape index (κ2) is 7.13. The Morgan fingerprint density at radius 2 is 1.52 bits per heavy atom. The van der Waals surface area contributed by atoms with Crippen molar-refractivity contribution in [3.63, 3.8) is 0 Å². The summed E-state index contributed by atoms with van der Waals surface area (Å²) in [5.74, 6) is 0.756. The summed E-state index contributed by atoms with van der Waals surface area (Å²) < 4.78 is 2.16. The van der Waals surface area contributed by atoms with E-state index < -0.39 is 0 Å². The van der Waals surface area contributed by atoms with Gasteiger partial charge in [0.05, 0.1) is 6.54 Å². The molecule has 1 aliphatic carbocycles. The molecule has 0 atom stereocenters. The van der Waals surface area contributed by atoms with Crippen molar-refractivity contribution >= 4 is 21.8 Å². The van der Waals surface area contributed by atoms with Crippen molar-refractivity contribution < 1.29 is 0 Å². The summed E-state index contributed by atoms with van der Waals surface area (Å²) in [6.07, 6.45) is 6.88. The van der Waals surface area contributed by atoms with Gasteiger partial charge in [0.15, 0.2) is 0 Å². The zero-order valence-corrected chi connectivity index (χ0v) is 13.9. The van der Waals surface area contributed by atoms with Crippen molar-refractivity contribution in [2.75, 3.05) is 3.93 Å². The number of halogens is 1. The predicted molar refractivity (Wildman–Crippen MR) is 93.8 cm³/mol. The van der Waals surface area contributed by atoms with Crippen molar-refractivity contribution in [1.29, 1.82) is 0 Å². The second-order valence-corrected chi connectivity index (χ2v) is 6.75. The van der Waals surface area contributed by atoms with Crippen LogP contribution in [0.4, 0.5) is 5.69 Å². The fraction of sp³-hybridized carbons (Fsp3) is 0.368. The van der Waals surface area contributed by atoms with Crippen LogP contribution in [-0.2, 0) is 6.54 Å². The highest BCUT2D eigenvalue weighted by Gasteiger charge is 2.18. The van der Waals surface area contributed by atoms with E-state index in [0.717, 1.165) is 12.5 Å². The van der Waals surface area contributed by atoms with Gasteiger partial charge in [-0.25, -0.2) is 0 Å². The first-order valence-corrected chi connectivity index (χ1v) is 8.61. The third-order valence-corrected chi connectivity index (χ3v) is 5.11. The summed E-state index contributed by atoms with van der Waals surface area (Å²) in [7, 11) is 0. The third kappa shape index (κ3) is 3.68. The minimum absolute atomic E-state index is 0.756. The van der Waals surface area contributed by atoms with Gasteiger partial charge >= 0.3 is 0 Å². The summed E-state index contributed by atoms with van der Waals surface area (Å²) in [6, 6.07) is 19.4. The lowest BCUT2D eigenvalue weighted by Gasteiger charge is -2.26. The quantitative estimate of drug-likeness (QED) is 0.610. The number of hydrogen-bond acceptors (Lipinski definition) is 1. The highest BCUT2D eigenvalue weighted by Crippen LogP contribution is 2.35. The summed E-state index contributed by atoms with van der Waals surface area (Å²) in [5, 5.41) is 0. The highest BCUT2D eigenvalue weighted by molar-refractivity contribution is 9.10. The van der Waals surface area contributed by atoms with Crippen LogP contribution < -0.4 is 3.93 Å². The van der Waals surface area contributed by atoms with Crippen molar-refractivity contribution in [2.45, 2.75) is 44.6 Å². The van der Waals surface area contributed by atoms with E-state index in [2.05, 4.69) is 74.7 Å². The molecule has 0 aromatic heterocycles. The van der Waals surface area contributed by atoms with E-state index in [1.807, 2.05) is 0 Å². The van der Waals surface area contributed by atoms with Gasteiger partial charge < -0.3 is 3.93 Å². The van der Waals surface area contributed by atoms with E-state index in [0.29, 0.717) is 0 Å².